The Bertz CT molecular complexity index is 1090. The molecule has 0 amide bonds. The fraction of sp³-hybridized carbons (Fsp3) is 0.0476. The first kappa shape index (κ1) is 15.6. The number of aromatic nitrogens is 2. The third-order valence-corrected chi connectivity index (χ3v) is 4.44. The molecular weight excluding hydrogens is 332 g/mol. The summed E-state index contributed by atoms with van der Waals surface area (Å²) >= 11 is 5.96. The van der Waals surface area contributed by atoms with Crippen LogP contribution in [0.2, 0.25) is 5.02 Å². The lowest BCUT2D eigenvalue weighted by Crippen LogP contribution is -2.21. The van der Waals surface area contributed by atoms with Gasteiger partial charge in [-0.15, -0.1) is 0 Å². The van der Waals surface area contributed by atoms with Gasteiger partial charge in [0, 0.05) is 5.02 Å². The Hall–Kier alpha value is -2.91. The molecule has 3 nitrogen and oxygen atoms in total. The minimum absolute atomic E-state index is 0.0613. The molecule has 122 valence electrons. The van der Waals surface area contributed by atoms with E-state index in [0.717, 1.165) is 11.1 Å². The molecule has 1 heterocycles. The van der Waals surface area contributed by atoms with Crippen molar-refractivity contribution in [2.24, 2.45) is 0 Å². The van der Waals surface area contributed by atoms with Crippen LogP contribution in [-0.4, -0.2) is 9.55 Å². The normalized spacial score (nSPS) is 10.9. The van der Waals surface area contributed by atoms with Crippen molar-refractivity contribution >= 4 is 22.5 Å². The Kier molecular flexibility index (Phi) is 4.08. The van der Waals surface area contributed by atoms with Crippen LogP contribution in [0.1, 0.15) is 5.56 Å². The van der Waals surface area contributed by atoms with Gasteiger partial charge in [-0.25, -0.2) is 4.98 Å². The summed E-state index contributed by atoms with van der Waals surface area (Å²) in [5.41, 5.74) is 3.94. The molecule has 25 heavy (non-hydrogen) atoms. The SMILES string of the molecule is O=c1c2ccc(Cl)cc2ncn1Cc1ccc(-c2ccccc2)cc1. The Balaban J connectivity index is 1.64. The largest absolute Gasteiger partial charge is 0.294 e. The number of rotatable bonds is 3. The van der Waals surface area contributed by atoms with Crippen LogP contribution in [0.25, 0.3) is 22.0 Å². The molecule has 4 aromatic rings. The van der Waals surface area contributed by atoms with Crippen LogP contribution in [0.15, 0.2) is 83.9 Å². The number of hydrogen-bond donors (Lipinski definition) is 0. The molecule has 0 aliphatic rings. The summed E-state index contributed by atoms with van der Waals surface area (Å²) in [6, 6.07) is 23.6. The van der Waals surface area contributed by atoms with Gasteiger partial charge in [0.2, 0.25) is 0 Å². The second-order valence-electron chi connectivity index (χ2n) is 5.90. The van der Waals surface area contributed by atoms with Gasteiger partial charge in [-0.05, 0) is 34.9 Å². The zero-order valence-corrected chi connectivity index (χ0v) is 14.1. The summed E-state index contributed by atoms with van der Waals surface area (Å²) < 4.78 is 1.62. The third-order valence-electron chi connectivity index (χ3n) is 4.20. The van der Waals surface area contributed by atoms with Gasteiger partial charge < -0.3 is 0 Å². The first-order valence-electron chi connectivity index (χ1n) is 8.00. The number of halogens is 1. The average Bonchev–Trinajstić information content (AvgIpc) is 2.65. The van der Waals surface area contributed by atoms with E-state index < -0.39 is 0 Å². The fourth-order valence-corrected chi connectivity index (χ4v) is 3.04. The minimum Gasteiger partial charge on any atom is -0.294 e. The van der Waals surface area contributed by atoms with Crippen LogP contribution >= 0.6 is 11.6 Å². The van der Waals surface area contributed by atoms with E-state index in [1.807, 2.05) is 30.3 Å². The van der Waals surface area contributed by atoms with Crippen molar-refractivity contribution in [1.82, 2.24) is 9.55 Å². The van der Waals surface area contributed by atoms with Crippen LogP contribution in [0.3, 0.4) is 0 Å². The van der Waals surface area contributed by atoms with Crippen LogP contribution in [0.4, 0.5) is 0 Å². The summed E-state index contributed by atoms with van der Waals surface area (Å²) in [4.78, 5) is 17.0. The summed E-state index contributed by atoms with van der Waals surface area (Å²) in [6.07, 6.45) is 1.58. The van der Waals surface area contributed by atoms with Crippen molar-refractivity contribution in [3.63, 3.8) is 0 Å². The van der Waals surface area contributed by atoms with Gasteiger partial charge in [-0.3, -0.25) is 9.36 Å². The van der Waals surface area contributed by atoms with Gasteiger partial charge in [-0.1, -0.05) is 66.2 Å². The van der Waals surface area contributed by atoms with E-state index in [1.165, 1.54) is 5.56 Å². The monoisotopic (exact) mass is 346 g/mol. The second kappa shape index (κ2) is 6.54. The molecule has 3 aromatic carbocycles. The van der Waals surface area contributed by atoms with Crippen LogP contribution in [0, 0.1) is 0 Å². The van der Waals surface area contributed by atoms with Crippen molar-refractivity contribution in [2.75, 3.05) is 0 Å². The van der Waals surface area contributed by atoms with Gasteiger partial charge in [0.05, 0.1) is 23.8 Å². The molecule has 0 saturated carbocycles. The van der Waals surface area contributed by atoms with E-state index in [1.54, 1.807) is 29.1 Å². The highest BCUT2D eigenvalue weighted by atomic mass is 35.5. The minimum atomic E-state index is -0.0613. The zero-order chi connectivity index (χ0) is 17.2. The molecule has 0 bridgehead atoms. The zero-order valence-electron chi connectivity index (χ0n) is 13.4. The predicted molar refractivity (Wildman–Crippen MR) is 102 cm³/mol. The molecule has 0 radical (unpaired) electrons. The fourth-order valence-electron chi connectivity index (χ4n) is 2.87. The number of fused-ring (bicyclic) bond motifs is 1. The standard InChI is InChI=1S/C21H15ClN2O/c22-18-10-11-19-20(12-18)23-14-24(21(19)25)13-15-6-8-17(9-7-15)16-4-2-1-3-5-16/h1-12,14H,13H2. The van der Waals surface area contributed by atoms with E-state index in [2.05, 4.69) is 29.2 Å². The lowest BCUT2D eigenvalue weighted by atomic mass is 10.0. The smallest absolute Gasteiger partial charge is 0.261 e. The van der Waals surface area contributed by atoms with Crippen molar-refractivity contribution in [2.45, 2.75) is 6.54 Å². The highest BCUT2D eigenvalue weighted by molar-refractivity contribution is 6.31. The first-order valence-corrected chi connectivity index (χ1v) is 8.37. The van der Waals surface area contributed by atoms with Crippen molar-refractivity contribution in [3.8, 4) is 11.1 Å². The van der Waals surface area contributed by atoms with Gasteiger partial charge in [0.15, 0.2) is 0 Å². The maximum absolute atomic E-state index is 12.6. The Morgan fingerprint density at radius 3 is 2.36 bits per heavy atom. The molecule has 0 fully saturated rings. The van der Waals surface area contributed by atoms with Crippen molar-refractivity contribution in [1.29, 1.82) is 0 Å². The highest BCUT2D eigenvalue weighted by Gasteiger charge is 2.06. The number of benzene rings is 3. The molecule has 0 saturated heterocycles. The summed E-state index contributed by atoms with van der Waals surface area (Å²) in [5, 5.41) is 1.15. The van der Waals surface area contributed by atoms with E-state index in [-0.39, 0.29) is 5.56 Å². The second-order valence-corrected chi connectivity index (χ2v) is 6.34. The van der Waals surface area contributed by atoms with Crippen LogP contribution in [-0.2, 0) is 6.54 Å². The molecule has 0 unspecified atom stereocenters. The summed E-state index contributed by atoms with van der Waals surface area (Å²) in [5.74, 6) is 0. The number of nitrogens with zero attached hydrogens (tertiary/aromatic N) is 2. The molecule has 0 N–H and O–H groups in total. The van der Waals surface area contributed by atoms with Gasteiger partial charge in [-0.2, -0.15) is 0 Å². The Labute approximate surface area is 150 Å². The molecular formula is C21H15ClN2O. The maximum atomic E-state index is 12.6. The van der Waals surface area contributed by atoms with E-state index in [0.29, 0.717) is 22.5 Å². The molecule has 0 aliphatic carbocycles. The van der Waals surface area contributed by atoms with E-state index >= 15 is 0 Å². The van der Waals surface area contributed by atoms with Gasteiger partial charge >= 0.3 is 0 Å². The van der Waals surface area contributed by atoms with Crippen LogP contribution in [0.5, 0.6) is 0 Å². The third kappa shape index (κ3) is 3.19. The summed E-state index contributed by atoms with van der Waals surface area (Å²) in [6.45, 7) is 0.486. The molecule has 1 aromatic heterocycles. The maximum Gasteiger partial charge on any atom is 0.261 e. The average molecular weight is 347 g/mol. The van der Waals surface area contributed by atoms with Gasteiger partial charge in [0.1, 0.15) is 0 Å². The predicted octanol–water partition coefficient (Wildman–Crippen LogP) is 4.77. The lowest BCUT2D eigenvalue weighted by molar-refractivity contribution is 0.748. The van der Waals surface area contributed by atoms with Crippen molar-refractivity contribution < 1.29 is 0 Å². The molecule has 0 aliphatic heterocycles. The van der Waals surface area contributed by atoms with E-state index in [4.69, 9.17) is 11.6 Å². The topological polar surface area (TPSA) is 34.9 Å². The van der Waals surface area contributed by atoms with Gasteiger partial charge in [0.25, 0.3) is 5.56 Å². The first-order chi connectivity index (χ1) is 12.2. The highest BCUT2D eigenvalue weighted by Crippen LogP contribution is 2.19. The lowest BCUT2D eigenvalue weighted by Gasteiger charge is -2.08. The number of hydrogen-bond acceptors (Lipinski definition) is 2. The molecule has 0 spiro atoms. The van der Waals surface area contributed by atoms with E-state index in [9.17, 15) is 4.79 Å². The Morgan fingerprint density at radius 2 is 1.60 bits per heavy atom. The molecule has 4 heteroatoms. The molecule has 0 atom stereocenters. The summed E-state index contributed by atoms with van der Waals surface area (Å²) in [7, 11) is 0. The quantitative estimate of drug-likeness (QED) is 0.536. The molecule has 4 rings (SSSR count). The van der Waals surface area contributed by atoms with Crippen LogP contribution < -0.4 is 5.56 Å². The van der Waals surface area contributed by atoms with Crippen molar-refractivity contribution in [3.05, 3.63) is 100 Å². The Morgan fingerprint density at radius 1 is 0.880 bits per heavy atom.